The molecule has 0 unspecified atom stereocenters. The minimum Gasteiger partial charge on any atom is -0.494 e. The molecule has 1 aromatic rings. The fourth-order valence-electron chi connectivity index (χ4n) is 3.62. The third kappa shape index (κ3) is 4.03. The van der Waals surface area contributed by atoms with Crippen molar-refractivity contribution in [2.75, 3.05) is 14.2 Å². The Morgan fingerprint density at radius 2 is 0.778 bits per heavy atom. The predicted octanol–water partition coefficient (Wildman–Crippen LogP) is 4.19. The fraction of sp³-hybridized carbons (Fsp3) is 0.364. The van der Waals surface area contributed by atoms with Gasteiger partial charge >= 0.3 is 23.9 Å². The summed E-state index contributed by atoms with van der Waals surface area (Å²) in [5.74, 6) is -4.95. The number of thioether (sulfide) groups is 4. The van der Waals surface area contributed by atoms with Crippen LogP contribution in [0.5, 0.6) is 11.5 Å². The van der Waals surface area contributed by atoms with E-state index in [-0.39, 0.29) is 11.1 Å². The average Bonchev–Trinajstić information content (AvgIpc) is 3.33. The molecule has 0 atom stereocenters. The van der Waals surface area contributed by atoms with Crippen LogP contribution in [0.1, 0.15) is 27.7 Å². The molecule has 36 heavy (non-hydrogen) atoms. The Hall–Kier alpha value is -2.42. The van der Waals surface area contributed by atoms with Gasteiger partial charge in [-0.2, -0.15) is 0 Å². The van der Waals surface area contributed by atoms with Gasteiger partial charge in [0, 0.05) is 27.7 Å². The minimum absolute atomic E-state index is 0.205. The Kier molecular flexibility index (Phi) is 6.01. The number of esters is 4. The number of ether oxygens (including phenoxy) is 6. The van der Waals surface area contributed by atoms with Crippen molar-refractivity contribution in [3.63, 3.8) is 0 Å². The van der Waals surface area contributed by atoms with E-state index in [1.54, 1.807) is 0 Å². The Morgan fingerprint density at radius 1 is 0.528 bits per heavy atom. The molecule has 5 rings (SSSR count). The van der Waals surface area contributed by atoms with Crippen LogP contribution < -0.4 is 9.47 Å². The monoisotopic (exact) mass is 570 g/mol. The number of cyclic esters (lactones) is 4. The molecule has 0 bridgehead atoms. The quantitative estimate of drug-likeness (QED) is 0.287. The summed E-state index contributed by atoms with van der Waals surface area (Å²) in [4.78, 5) is 52.9. The Morgan fingerprint density at radius 3 is 1.00 bits per heavy atom. The second-order valence-electron chi connectivity index (χ2n) is 8.47. The van der Waals surface area contributed by atoms with Crippen LogP contribution in [-0.4, -0.2) is 49.7 Å². The van der Waals surface area contributed by atoms with E-state index in [9.17, 15) is 19.2 Å². The average molecular weight is 571 g/mol. The first-order valence-corrected chi connectivity index (χ1v) is 13.6. The highest BCUT2D eigenvalue weighted by Gasteiger charge is 2.47. The predicted molar refractivity (Wildman–Crippen MR) is 130 cm³/mol. The molecule has 14 heteroatoms. The van der Waals surface area contributed by atoms with Crippen molar-refractivity contribution in [3.8, 4) is 11.5 Å². The molecule has 0 radical (unpaired) electrons. The summed E-state index contributed by atoms with van der Waals surface area (Å²) in [5, 5.41) is 0. The highest BCUT2D eigenvalue weighted by molar-refractivity contribution is 8.26. The fourth-order valence-corrected chi connectivity index (χ4v) is 9.25. The van der Waals surface area contributed by atoms with Gasteiger partial charge < -0.3 is 28.4 Å². The van der Waals surface area contributed by atoms with E-state index in [1.165, 1.54) is 41.9 Å². The van der Waals surface area contributed by atoms with Crippen LogP contribution in [0.25, 0.3) is 0 Å². The number of hydrogen-bond acceptors (Lipinski definition) is 14. The van der Waals surface area contributed by atoms with Crippen LogP contribution in [0.4, 0.5) is 0 Å². The van der Waals surface area contributed by atoms with Crippen LogP contribution in [0.15, 0.2) is 39.2 Å². The van der Waals surface area contributed by atoms with Gasteiger partial charge in [0.15, 0.2) is 11.1 Å². The molecule has 190 valence electrons. The van der Waals surface area contributed by atoms with E-state index in [0.29, 0.717) is 39.6 Å². The summed E-state index contributed by atoms with van der Waals surface area (Å²) in [7, 11) is 2.96. The van der Waals surface area contributed by atoms with E-state index >= 15 is 0 Å². The van der Waals surface area contributed by atoms with Crippen LogP contribution in [0.2, 0.25) is 0 Å². The van der Waals surface area contributed by atoms with Crippen molar-refractivity contribution in [2.45, 2.75) is 58.9 Å². The van der Waals surface area contributed by atoms with Crippen LogP contribution in [-0.2, 0) is 38.1 Å². The van der Waals surface area contributed by atoms with E-state index < -0.39 is 35.5 Å². The number of hydrogen-bond donors (Lipinski definition) is 0. The second kappa shape index (κ2) is 8.57. The van der Waals surface area contributed by atoms with Gasteiger partial charge in [0.25, 0.3) is 11.6 Å². The maximum atomic E-state index is 12.6. The first kappa shape index (κ1) is 25.2. The largest absolute Gasteiger partial charge is 0.494 e. The summed E-state index contributed by atoms with van der Waals surface area (Å²) in [6.07, 6.45) is 0. The first-order chi connectivity index (χ1) is 16.9. The van der Waals surface area contributed by atoms with Crippen molar-refractivity contribution in [2.24, 2.45) is 0 Å². The summed E-state index contributed by atoms with van der Waals surface area (Å²) in [5.41, 5.74) is -0.411. The number of fused-ring (bicyclic) bond motifs is 2. The number of benzene rings is 1. The summed E-state index contributed by atoms with van der Waals surface area (Å²) >= 11 is 4.60. The lowest BCUT2D eigenvalue weighted by atomic mass is 10.2. The zero-order valence-electron chi connectivity index (χ0n) is 19.7. The standard InChI is InChI=1S/C22H18O10S4/c1-21(2)29-15(23)7(16(24)30-21)19-33-11-9(27-5)13-14(10(28-6)12(11)34-19)36-20(35-13)8-17(25)31-22(3,4)32-18(8)26/h1-6H3. The van der Waals surface area contributed by atoms with Gasteiger partial charge in [-0.25, -0.2) is 19.2 Å². The van der Waals surface area contributed by atoms with E-state index in [0.717, 1.165) is 47.0 Å². The van der Waals surface area contributed by atoms with Crippen molar-refractivity contribution in [1.82, 2.24) is 0 Å². The molecule has 1 aromatic carbocycles. The smallest absolute Gasteiger partial charge is 0.350 e. The molecule has 10 nitrogen and oxygen atoms in total. The minimum atomic E-state index is -1.36. The van der Waals surface area contributed by atoms with Gasteiger partial charge in [-0.1, -0.05) is 47.0 Å². The molecule has 4 heterocycles. The third-order valence-corrected chi connectivity index (χ3v) is 10.2. The number of carbonyl (C=O) groups excluding carboxylic acids is 4. The van der Waals surface area contributed by atoms with Gasteiger partial charge in [-0.15, -0.1) is 0 Å². The summed E-state index contributed by atoms with van der Waals surface area (Å²) in [6, 6.07) is 0. The SMILES string of the molecule is COc1c2c(c(OC)c3c1SC(=C1C(=O)OC(C)(C)OC1=O)S3)SC(=C1C(=O)OC(C)(C)OC1=O)S2. The number of rotatable bonds is 2. The molecule has 0 spiro atoms. The highest BCUT2D eigenvalue weighted by atomic mass is 32.2. The van der Waals surface area contributed by atoms with Gasteiger partial charge in [0.05, 0.1) is 42.3 Å². The van der Waals surface area contributed by atoms with Crippen molar-refractivity contribution >= 4 is 70.9 Å². The van der Waals surface area contributed by atoms with Gasteiger partial charge in [0.1, 0.15) is 11.5 Å². The highest BCUT2D eigenvalue weighted by Crippen LogP contribution is 2.68. The zero-order chi connectivity index (χ0) is 26.2. The Labute approximate surface area is 222 Å². The van der Waals surface area contributed by atoms with E-state index in [2.05, 4.69) is 0 Å². The number of carbonyl (C=O) groups is 4. The lowest BCUT2D eigenvalue weighted by molar-refractivity contribution is -0.224. The summed E-state index contributed by atoms with van der Waals surface area (Å²) in [6.45, 7) is 5.90. The van der Waals surface area contributed by atoms with E-state index in [4.69, 9.17) is 28.4 Å². The zero-order valence-corrected chi connectivity index (χ0v) is 23.0. The summed E-state index contributed by atoms with van der Waals surface area (Å²) < 4.78 is 33.1. The van der Waals surface area contributed by atoms with Crippen molar-refractivity contribution < 1.29 is 47.6 Å². The molecular weight excluding hydrogens is 553 g/mol. The first-order valence-electron chi connectivity index (χ1n) is 10.3. The Balaban J connectivity index is 1.58. The molecular formula is C22H18O10S4. The topological polar surface area (TPSA) is 124 Å². The number of methoxy groups -OCH3 is 2. The maximum Gasteiger partial charge on any atom is 0.350 e. The molecule has 2 saturated heterocycles. The Bertz CT molecular complexity index is 1150. The maximum absolute atomic E-state index is 12.6. The van der Waals surface area contributed by atoms with Gasteiger partial charge in [0.2, 0.25) is 0 Å². The lowest BCUT2D eigenvalue weighted by Crippen LogP contribution is -2.42. The molecule has 0 aromatic heterocycles. The van der Waals surface area contributed by atoms with Crippen LogP contribution in [0, 0.1) is 0 Å². The second-order valence-corrected chi connectivity index (χ2v) is 13.1. The molecule has 4 aliphatic rings. The third-order valence-electron chi connectivity index (χ3n) is 5.00. The van der Waals surface area contributed by atoms with Gasteiger partial charge in [-0.05, 0) is 0 Å². The normalized spacial score (nSPS) is 21.9. The van der Waals surface area contributed by atoms with Crippen LogP contribution >= 0.6 is 47.0 Å². The lowest BCUT2D eigenvalue weighted by Gasteiger charge is -2.30. The molecule has 2 fully saturated rings. The van der Waals surface area contributed by atoms with E-state index in [1.807, 2.05) is 0 Å². The molecule has 0 saturated carbocycles. The van der Waals surface area contributed by atoms with Crippen LogP contribution in [0.3, 0.4) is 0 Å². The molecule has 0 aliphatic carbocycles. The van der Waals surface area contributed by atoms with Crippen molar-refractivity contribution in [1.29, 1.82) is 0 Å². The molecule has 4 aliphatic heterocycles. The molecule has 0 amide bonds. The van der Waals surface area contributed by atoms with Crippen molar-refractivity contribution in [3.05, 3.63) is 19.6 Å². The van der Waals surface area contributed by atoms with Gasteiger partial charge in [-0.3, -0.25) is 0 Å². The molecule has 0 N–H and O–H groups in total.